The number of rotatable bonds is 4. The highest BCUT2D eigenvalue weighted by Crippen LogP contribution is 2.22. The summed E-state index contributed by atoms with van der Waals surface area (Å²) in [6.45, 7) is 4.59. The SMILES string of the molecule is COc1cccc(Nc2cc(N3CCN(C(C)=O)CC3)ncn2)c1. The fraction of sp³-hybridized carbons (Fsp3) is 0.353. The van der Waals surface area contributed by atoms with Crippen LogP contribution in [0.4, 0.5) is 17.3 Å². The zero-order valence-electron chi connectivity index (χ0n) is 13.9. The second-order valence-electron chi connectivity index (χ2n) is 5.61. The zero-order valence-corrected chi connectivity index (χ0v) is 13.9. The van der Waals surface area contributed by atoms with Crippen LogP contribution in [0.15, 0.2) is 36.7 Å². The van der Waals surface area contributed by atoms with Crippen LogP contribution < -0.4 is 15.0 Å². The van der Waals surface area contributed by atoms with Gasteiger partial charge in [0.15, 0.2) is 0 Å². The summed E-state index contributed by atoms with van der Waals surface area (Å²) in [5.74, 6) is 2.49. The second-order valence-corrected chi connectivity index (χ2v) is 5.61. The van der Waals surface area contributed by atoms with E-state index in [0.29, 0.717) is 0 Å². The number of nitrogens with one attached hydrogen (secondary N) is 1. The lowest BCUT2D eigenvalue weighted by Gasteiger charge is -2.34. The number of ether oxygens (including phenoxy) is 1. The van der Waals surface area contributed by atoms with Crippen LogP contribution in [0.5, 0.6) is 5.75 Å². The number of carbonyl (C=O) groups excluding carboxylic acids is 1. The Hall–Kier alpha value is -2.83. The van der Waals surface area contributed by atoms with Crippen molar-refractivity contribution in [3.8, 4) is 5.75 Å². The van der Waals surface area contributed by atoms with Gasteiger partial charge in [-0.25, -0.2) is 9.97 Å². The summed E-state index contributed by atoms with van der Waals surface area (Å²) in [6.07, 6.45) is 1.55. The molecule has 2 aromatic rings. The quantitative estimate of drug-likeness (QED) is 0.925. The zero-order chi connectivity index (χ0) is 16.9. The number of hydrogen-bond donors (Lipinski definition) is 1. The third-order valence-corrected chi connectivity index (χ3v) is 4.04. The molecule has 1 amide bonds. The molecule has 0 atom stereocenters. The molecular weight excluding hydrogens is 306 g/mol. The van der Waals surface area contributed by atoms with E-state index in [0.717, 1.165) is 49.3 Å². The maximum absolute atomic E-state index is 11.4. The van der Waals surface area contributed by atoms with Crippen molar-refractivity contribution in [2.75, 3.05) is 43.5 Å². The van der Waals surface area contributed by atoms with Crippen LogP contribution in [0.25, 0.3) is 0 Å². The van der Waals surface area contributed by atoms with Gasteiger partial charge in [-0.15, -0.1) is 0 Å². The topological polar surface area (TPSA) is 70.6 Å². The molecule has 2 heterocycles. The molecule has 1 aromatic heterocycles. The van der Waals surface area contributed by atoms with Crippen molar-refractivity contribution in [1.82, 2.24) is 14.9 Å². The van der Waals surface area contributed by atoms with Crippen molar-refractivity contribution in [1.29, 1.82) is 0 Å². The molecule has 1 N–H and O–H groups in total. The number of nitrogens with zero attached hydrogens (tertiary/aromatic N) is 4. The van der Waals surface area contributed by atoms with E-state index in [9.17, 15) is 4.79 Å². The molecule has 1 aliphatic heterocycles. The number of methoxy groups -OCH3 is 1. The normalized spacial score (nSPS) is 14.4. The Morgan fingerprint density at radius 1 is 1.17 bits per heavy atom. The van der Waals surface area contributed by atoms with E-state index in [4.69, 9.17) is 4.74 Å². The van der Waals surface area contributed by atoms with Crippen molar-refractivity contribution >= 4 is 23.2 Å². The van der Waals surface area contributed by atoms with Gasteiger partial charge in [0.1, 0.15) is 23.7 Å². The summed E-state index contributed by atoms with van der Waals surface area (Å²) in [7, 11) is 1.64. The Morgan fingerprint density at radius 3 is 2.67 bits per heavy atom. The molecule has 0 spiro atoms. The van der Waals surface area contributed by atoms with Gasteiger partial charge in [-0.1, -0.05) is 6.07 Å². The Labute approximate surface area is 141 Å². The van der Waals surface area contributed by atoms with Gasteiger partial charge in [0.2, 0.25) is 5.91 Å². The number of anilines is 3. The summed E-state index contributed by atoms with van der Waals surface area (Å²) < 4.78 is 5.23. The van der Waals surface area contributed by atoms with Gasteiger partial charge in [0, 0.05) is 50.9 Å². The third-order valence-electron chi connectivity index (χ3n) is 4.04. The lowest BCUT2D eigenvalue weighted by atomic mass is 10.3. The standard InChI is InChI=1S/C17H21N5O2/c1-13(23)21-6-8-22(9-7-21)17-11-16(18-12-19-17)20-14-4-3-5-15(10-14)24-2/h3-5,10-12H,6-9H2,1-2H3,(H,18,19,20). The van der Waals surface area contributed by atoms with Crippen LogP contribution in [0.1, 0.15) is 6.92 Å². The minimum absolute atomic E-state index is 0.123. The molecule has 126 valence electrons. The molecule has 0 unspecified atom stereocenters. The first-order chi connectivity index (χ1) is 11.7. The van der Waals surface area contributed by atoms with Crippen LogP contribution in [-0.2, 0) is 4.79 Å². The summed E-state index contributed by atoms with van der Waals surface area (Å²) >= 11 is 0. The van der Waals surface area contributed by atoms with Gasteiger partial charge in [0.25, 0.3) is 0 Å². The predicted molar refractivity (Wildman–Crippen MR) is 92.8 cm³/mol. The summed E-state index contributed by atoms with van der Waals surface area (Å²) in [5.41, 5.74) is 0.903. The van der Waals surface area contributed by atoms with Crippen LogP contribution in [0.2, 0.25) is 0 Å². The number of aromatic nitrogens is 2. The minimum Gasteiger partial charge on any atom is -0.497 e. The van der Waals surface area contributed by atoms with Crippen LogP contribution in [-0.4, -0.2) is 54.1 Å². The number of carbonyl (C=O) groups is 1. The Bertz CT molecular complexity index is 714. The van der Waals surface area contributed by atoms with Gasteiger partial charge in [-0.3, -0.25) is 4.79 Å². The van der Waals surface area contributed by atoms with Crippen molar-refractivity contribution in [3.05, 3.63) is 36.7 Å². The number of hydrogen-bond acceptors (Lipinski definition) is 6. The van der Waals surface area contributed by atoms with Gasteiger partial charge in [0.05, 0.1) is 7.11 Å². The Kier molecular flexibility index (Phi) is 4.79. The number of benzene rings is 1. The van der Waals surface area contributed by atoms with E-state index in [-0.39, 0.29) is 5.91 Å². The van der Waals surface area contributed by atoms with Gasteiger partial charge >= 0.3 is 0 Å². The first-order valence-electron chi connectivity index (χ1n) is 7.89. The summed E-state index contributed by atoms with van der Waals surface area (Å²) in [6, 6.07) is 9.60. The molecule has 1 aromatic carbocycles. The molecule has 0 saturated carbocycles. The average molecular weight is 327 g/mol. The fourth-order valence-corrected chi connectivity index (χ4v) is 2.69. The first kappa shape index (κ1) is 16.0. The third kappa shape index (κ3) is 3.73. The molecule has 0 aliphatic carbocycles. The molecule has 24 heavy (non-hydrogen) atoms. The highest BCUT2D eigenvalue weighted by atomic mass is 16.5. The largest absolute Gasteiger partial charge is 0.497 e. The monoisotopic (exact) mass is 327 g/mol. The average Bonchev–Trinajstić information content (AvgIpc) is 2.62. The molecule has 1 aliphatic rings. The molecule has 1 saturated heterocycles. The smallest absolute Gasteiger partial charge is 0.219 e. The van der Waals surface area contributed by atoms with Crippen LogP contribution >= 0.6 is 0 Å². The molecule has 3 rings (SSSR count). The van der Waals surface area contributed by atoms with Crippen molar-refractivity contribution < 1.29 is 9.53 Å². The van der Waals surface area contributed by atoms with Gasteiger partial charge in [-0.05, 0) is 12.1 Å². The lowest BCUT2D eigenvalue weighted by molar-refractivity contribution is -0.129. The van der Waals surface area contributed by atoms with Crippen molar-refractivity contribution in [2.24, 2.45) is 0 Å². The van der Waals surface area contributed by atoms with Crippen molar-refractivity contribution in [3.63, 3.8) is 0 Å². The Morgan fingerprint density at radius 2 is 1.96 bits per heavy atom. The van der Waals surface area contributed by atoms with Crippen molar-refractivity contribution in [2.45, 2.75) is 6.92 Å². The lowest BCUT2D eigenvalue weighted by Crippen LogP contribution is -2.48. The molecule has 0 bridgehead atoms. The van der Waals surface area contributed by atoms with E-state index >= 15 is 0 Å². The molecule has 0 radical (unpaired) electrons. The molecule has 7 nitrogen and oxygen atoms in total. The van der Waals surface area contributed by atoms with E-state index in [1.54, 1.807) is 20.4 Å². The highest BCUT2D eigenvalue weighted by molar-refractivity contribution is 5.73. The van der Waals surface area contributed by atoms with Gasteiger partial charge in [-0.2, -0.15) is 0 Å². The van der Waals surface area contributed by atoms with E-state index < -0.39 is 0 Å². The van der Waals surface area contributed by atoms with E-state index in [1.807, 2.05) is 35.2 Å². The van der Waals surface area contributed by atoms with Gasteiger partial charge < -0.3 is 19.9 Å². The molecule has 7 heteroatoms. The fourth-order valence-electron chi connectivity index (χ4n) is 2.69. The number of piperazine rings is 1. The van der Waals surface area contributed by atoms with E-state index in [2.05, 4.69) is 20.2 Å². The van der Waals surface area contributed by atoms with Crippen LogP contribution in [0, 0.1) is 0 Å². The Balaban J connectivity index is 1.69. The molecular formula is C17H21N5O2. The maximum Gasteiger partial charge on any atom is 0.219 e. The summed E-state index contributed by atoms with van der Waals surface area (Å²) in [5, 5.41) is 3.26. The second kappa shape index (κ2) is 7.16. The molecule has 1 fully saturated rings. The summed E-state index contributed by atoms with van der Waals surface area (Å²) in [4.78, 5) is 24.1. The minimum atomic E-state index is 0.123. The number of amides is 1. The first-order valence-corrected chi connectivity index (χ1v) is 7.89. The van der Waals surface area contributed by atoms with E-state index in [1.165, 1.54) is 0 Å². The maximum atomic E-state index is 11.4. The van der Waals surface area contributed by atoms with Crippen LogP contribution in [0.3, 0.4) is 0 Å². The highest BCUT2D eigenvalue weighted by Gasteiger charge is 2.19. The predicted octanol–water partition coefficient (Wildman–Crippen LogP) is 1.90.